The largest absolute Gasteiger partial charge is 0.454 e. The number of benzene rings is 1. The van der Waals surface area contributed by atoms with E-state index in [4.69, 9.17) is 9.47 Å². The van der Waals surface area contributed by atoms with E-state index in [1.807, 2.05) is 0 Å². The van der Waals surface area contributed by atoms with E-state index in [0.29, 0.717) is 42.0 Å². The molecule has 0 aliphatic carbocycles. The maximum absolute atomic E-state index is 13.0. The first-order valence-corrected chi connectivity index (χ1v) is 9.33. The molecule has 2 aliphatic heterocycles. The van der Waals surface area contributed by atoms with Crippen molar-refractivity contribution in [3.05, 3.63) is 46.1 Å². The van der Waals surface area contributed by atoms with Crippen molar-refractivity contribution < 1.29 is 27.4 Å². The van der Waals surface area contributed by atoms with Gasteiger partial charge in [-0.05, 0) is 36.6 Å². The predicted molar refractivity (Wildman–Crippen MR) is 98.9 cm³/mol. The van der Waals surface area contributed by atoms with E-state index >= 15 is 0 Å². The molecule has 0 saturated carbocycles. The van der Waals surface area contributed by atoms with Gasteiger partial charge in [-0.1, -0.05) is 6.07 Å². The molecule has 1 saturated heterocycles. The van der Waals surface area contributed by atoms with Crippen LogP contribution in [-0.4, -0.2) is 45.0 Å². The van der Waals surface area contributed by atoms with Gasteiger partial charge in [-0.2, -0.15) is 13.2 Å². The molecule has 0 bridgehead atoms. The normalized spacial score (nSPS) is 17.1. The van der Waals surface area contributed by atoms with Gasteiger partial charge in [0, 0.05) is 26.2 Å². The molecule has 160 valence electrons. The molecule has 4 rings (SSSR count). The zero-order valence-electron chi connectivity index (χ0n) is 16.1. The number of likely N-dealkylation sites (tertiary alicyclic amines) is 1. The number of piperidine rings is 1. The molecule has 8 nitrogen and oxygen atoms in total. The van der Waals surface area contributed by atoms with E-state index in [1.54, 1.807) is 29.2 Å². The van der Waals surface area contributed by atoms with Gasteiger partial charge < -0.3 is 14.4 Å². The van der Waals surface area contributed by atoms with Gasteiger partial charge in [0.2, 0.25) is 18.5 Å². The lowest BCUT2D eigenvalue weighted by Crippen LogP contribution is -2.40. The zero-order valence-corrected chi connectivity index (χ0v) is 16.1. The highest BCUT2D eigenvalue weighted by Gasteiger charge is 2.39. The Morgan fingerprint density at radius 2 is 1.90 bits per heavy atom. The van der Waals surface area contributed by atoms with Gasteiger partial charge in [-0.15, -0.1) is 5.10 Å². The Kier molecular flexibility index (Phi) is 5.04. The van der Waals surface area contributed by atoms with Crippen molar-refractivity contribution in [2.24, 2.45) is 7.05 Å². The monoisotopic (exact) mass is 424 g/mol. The summed E-state index contributed by atoms with van der Waals surface area (Å²) in [6, 6.07) is 4.85. The Balaban J connectivity index is 1.39. The summed E-state index contributed by atoms with van der Waals surface area (Å²) >= 11 is 0. The number of nitrogens with zero attached hydrogens (tertiary/aromatic N) is 4. The fourth-order valence-electron chi connectivity index (χ4n) is 3.56. The number of rotatable bonds is 3. The Labute approximate surface area is 169 Å². The topological polar surface area (TPSA) is 78.6 Å². The summed E-state index contributed by atoms with van der Waals surface area (Å²) in [6.45, 7) is 0.804. The molecule has 2 aromatic rings. The van der Waals surface area contributed by atoms with Gasteiger partial charge in [-0.25, -0.2) is 9.48 Å². The van der Waals surface area contributed by atoms with Crippen LogP contribution in [0.2, 0.25) is 0 Å². The average Bonchev–Trinajstić information content (AvgIpc) is 3.30. The van der Waals surface area contributed by atoms with E-state index in [1.165, 1.54) is 6.08 Å². The van der Waals surface area contributed by atoms with E-state index in [9.17, 15) is 22.8 Å². The van der Waals surface area contributed by atoms with Crippen LogP contribution < -0.4 is 15.2 Å². The van der Waals surface area contributed by atoms with E-state index in [2.05, 4.69) is 5.10 Å². The van der Waals surface area contributed by atoms with Crippen LogP contribution in [0.3, 0.4) is 0 Å². The van der Waals surface area contributed by atoms with Crippen molar-refractivity contribution in [3.8, 4) is 11.5 Å². The fourth-order valence-corrected chi connectivity index (χ4v) is 3.56. The number of hydrogen-bond acceptors (Lipinski definition) is 5. The van der Waals surface area contributed by atoms with Gasteiger partial charge in [0.1, 0.15) is 0 Å². The molecule has 1 amide bonds. The SMILES string of the molecule is Cn1c(C(F)(F)F)nn(C2CCN(C(=O)/C=C/c3ccc4c(c3)OCO4)CC2)c1=O. The first-order valence-electron chi connectivity index (χ1n) is 9.33. The second-order valence-corrected chi connectivity index (χ2v) is 7.11. The Morgan fingerprint density at radius 1 is 1.20 bits per heavy atom. The third-order valence-electron chi connectivity index (χ3n) is 5.19. The number of halogens is 3. The molecule has 2 aliphatic rings. The molecular formula is C19H19F3N4O4. The summed E-state index contributed by atoms with van der Waals surface area (Å²) in [6.07, 6.45) is -0.910. The van der Waals surface area contributed by atoms with Gasteiger partial charge >= 0.3 is 11.9 Å². The minimum atomic E-state index is -4.70. The highest BCUT2D eigenvalue weighted by Crippen LogP contribution is 2.33. The Bertz CT molecular complexity index is 1050. The van der Waals surface area contributed by atoms with Crippen molar-refractivity contribution >= 4 is 12.0 Å². The molecular weight excluding hydrogens is 405 g/mol. The molecule has 3 heterocycles. The number of hydrogen-bond donors (Lipinski definition) is 0. The highest BCUT2D eigenvalue weighted by atomic mass is 19.4. The summed E-state index contributed by atoms with van der Waals surface area (Å²) in [5, 5.41) is 3.48. The van der Waals surface area contributed by atoms with Crippen molar-refractivity contribution in [1.82, 2.24) is 19.2 Å². The van der Waals surface area contributed by atoms with Gasteiger partial charge in [-0.3, -0.25) is 9.36 Å². The second kappa shape index (κ2) is 7.54. The first kappa shape index (κ1) is 20.0. The lowest BCUT2D eigenvalue weighted by Gasteiger charge is -2.30. The molecule has 0 N–H and O–H groups in total. The quantitative estimate of drug-likeness (QED) is 0.706. The van der Waals surface area contributed by atoms with E-state index in [-0.39, 0.29) is 12.7 Å². The molecule has 30 heavy (non-hydrogen) atoms. The number of aromatic nitrogens is 3. The van der Waals surface area contributed by atoms with Crippen LogP contribution in [0.25, 0.3) is 6.08 Å². The van der Waals surface area contributed by atoms with Crippen LogP contribution in [0.4, 0.5) is 13.2 Å². The Morgan fingerprint density at radius 3 is 2.57 bits per heavy atom. The van der Waals surface area contributed by atoms with E-state index < -0.39 is 23.7 Å². The standard InChI is InChI=1S/C19H19F3N4O4/c1-24-17(19(20,21)22)23-26(18(24)28)13-6-8-25(9-7-13)16(27)5-3-12-2-4-14-15(10-12)30-11-29-14/h2-5,10,13H,6-9,11H2,1H3/b5-3+. The van der Waals surface area contributed by atoms with Gasteiger partial charge in [0.05, 0.1) is 6.04 Å². The summed E-state index contributed by atoms with van der Waals surface area (Å²) in [7, 11) is 1.05. The van der Waals surface area contributed by atoms with Crippen LogP contribution in [0.15, 0.2) is 29.1 Å². The van der Waals surface area contributed by atoms with Crippen LogP contribution in [0.5, 0.6) is 11.5 Å². The van der Waals surface area contributed by atoms with Crippen molar-refractivity contribution in [2.45, 2.75) is 25.1 Å². The van der Waals surface area contributed by atoms with Crippen molar-refractivity contribution in [3.63, 3.8) is 0 Å². The molecule has 1 fully saturated rings. The van der Waals surface area contributed by atoms with Gasteiger partial charge in [0.25, 0.3) is 0 Å². The number of amides is 1. The molecule has 11 heteroatoms. The number of carbonyl (C=O) groups is 1. The molecule has 0 atom stereocenters. The van der Waals surface area contributed by atoms with E-state index in [0.717, 1.165) is 17.3 Å². The highest BCUT2D eigenvalue weighted by molar-refractivity contribution is 5.92. The minimum absolute atomic E-state index is 0.167. The average molecular weight is 424 g/mol. The van der Waals surface area contributed by atoms with Crippen LogP contribution in [0, 0.1) is 0 Å². The summed E-state index contributed by atoms with van der Waals surface area (Å²) < 4.78 is 50.8. The summed E-state index contributed by atoms with van der Waals surface area (Å²) in [5.74, 6) is -0.170. The van der Waals surface area contributed by atoms with Crippen LogP contribution in [0.1, 0.15) is 30.3 Å². The molecule has 1 aromatic carbocycles. The summed E-state index contributed by atoms with van der Waals surface area (Å²) in [5.41, 5.74) is -0.0305. The summed E-state index contributed by atoms with van der Waals surface area (Å²) in [4.78, 5) is 26.2. The van der Waals surface area contributed by atoms with Crippen LogP contribution >= 0.6 is 0 Å². The third kappa shape index (κ3) is 3.79. The molecule has 0 radical (unpaired) electrons. The number of fused-ring (bicyclic) bond motifs is 1. The minimum Gasteiger partial charge on any atom is -0.454 e. The second-order valence-electron chi connectivity index (χ2n) is 7.11. The first-order chi connectivity index (χ1) is 14.2. The smallest absolute Gasteiger partial charge is 0.451 e. The molecule has 0 unspecified atom stereocenters. The fraction of sp³-hybridized carbons (Fsp3) is 0.421. The zero-order chi connectivity index (χ0) is 21.5. The Hall–Kier alpha value is -3.24. The molecule has 0 spiro atoms. The number of carbonyl (C=O) groups excluding carboxylic acids is 1. The number of alkyl halides is 3. The third-order valence-corrected chi connectivity index (χ3v) is 5.19. The van der Waals surface area contributed by atoms with Crippen molar-refractivity contribution in [1.29, 1.82) is 0 Å². The maximum atomic E-state index is 13.0. The number of ether oxygens (including phenoxy) is 2. The van der Waals surface area contributed by atoms with Crippen molar-refractivity contribution in [2.75, 3.05) is 19.9 Å². The lowest BCUT2D eigenvalue weighted by molar-refractivity contribution is -0.147. The molecule has 1 aromatic heterocycles. The maximum Gasteiger partial charge on any atom is 0.451 e. The predicted octanol–water partition coefficient (Wildman–Crippen LogP) is 2.21. The van der Waals surface area contributed by atoms with Gasteiger partial charge in [0.15, 0.2) is 11.5 Å². The van der Waals surface area contributed by atoms with Crippen LogP contribution in [-0.2, 0) is 18.0 Å². The lowest BCUT2D eigenvalue weighted by atomic mass is 10.1.